The molecule has 0 bridgehead atoms. The Bertz CT molecular complexity index is 1360. The van der Waals surface area contributed by atoms with Crippen LogP contribution in [0.3, 0.4) is 0 Å². The van der Waals surface area contributed by atoms with Crippen molar-refractivity contribution in [3.63, 3.8) is 0 Å². The molecule has 0 unspecified atom stereocenters. The summed E-state index contributed by atoms with van der Waals surface area (Å²) in [4.78, 5) is 35.7. The number of fused-ring (bicyclic) bond motifs is 1. The van der Waals surface area contributed by atoms with Gasteiger partial charge in [0.25, 0.3) is 5.56 Å². The smallest absolute Gasteiger partial charge is 0.335 e. The lowest BCUT2D eigenvalue weighted by Gasteiger charge is -2.35. The summed E-state index contributed by atoms with van der Waals surface area (Å²) in [5, 5.41) is 0. The van der Waals surface area contributed by atoms with Crippen LogP contribution in [0.15, 0.2) is 88.7 Å². The minimum absolute atomic E-state index is 0. The van der Waals surface area contributed by atoms with Crippen LogP contribution >= 0.6 is 12.4 Å². The van der Waals surface area contributed by atoms with E-state index in [-0.39, 0.29) is 23.7 Å². The second-order valence-corrected chi connectivity index (χ2v) is 8.66. The van der Waals surface area contributed by atoms with Crippen molar-refractivity contribution in [1.29, 1.82) is 0 Å². The summed E-state index contributed by atoms with van der Waals surface area (Å²) in [7, 11) is 0. The minimum atomic E-state index is -0.274. The van der Waals surface area contributed by atoms with Gasteiger partial charge >= 0.3 is 5.69 Å². The first-order chi connectivity index (χ1) is 16.7. The number of halogens is 1. The van der Waals surface area contributed by atoms with Crippen molar-refractivity contribution in [1.82, 2.24) is 18.9 Å². The van der Waals surface area contributed by atoms with Gasteiger partial charge in [0.15, 0.2) is 0 Å². The van der Waals surface area contributed by atoms with Crippen LogP contribution in [-0.4, -0.2) is 51.6 Å². The Labute approximate surface area is 210 Å². The third-order valence-electron chi connectivity index (χ3n) is 6.53. The fraction of sp³-hybridized carbons (Fsp3) is 0.296. The van der Waals surface area contributed by atoms with E-state index in [9.17, 15) is 9.59 Å². The number of unbranched alkanes of at least 4 members (excludes halogenated alkanes) is 1. The largest absolute Gasteiger partial charge is 0.354 e. The second kappa shape index (κ2) is 11.3. The fourth-order valence-electron chi connectivity index (χ4n) is 4.70. The first kappa shape index (κ1) is 24.7. The molecule has 0 aliphatic carbocycles. The van der Waals surface area contributed by atoms with Crippen LogP contribution in [0.5, 0.6) is 0 Å². The molecule has 1 aromatic carbocycles. The quantitative estimate of drug-likeness (QED) is 0.370. The van der Waals surface area contributed by atoms with Gasteiger partial charge in [-0.25, -0.2) is 9.78 Å². The Morgan fingerprint density at radius 3 is 2.23 bits per heavy atom. The van der Waals surface area contributed by atoms with Crippen LogP contribution in [0.2, 0.25) is 0 Å². The molecule has 0 radical (unpaired) electrons. The van der Waals surface area contributed by atoms with Gasteiger partial charge in [-0.15, -0.1) is 12.4 Å². The van der Waals surface area contributed by atoms with Gasteiger partial charge < -0.3 is 4.90 Å². The normalized spacial score (nSPS) is 14.1. The molecule has 0 spiro atoms. The summed E-state index contributed by atoms with van der Waals surface area (Å²) in [6.45, 7) is 5.29. The number of pyridine rings is 2. The van der Waals surface area contributed by atoms with Crippen LogP contribution in [0, 0.1) is 0 Å². The fourth-order valence-corrected chi connectivity index (χ4v) is 4.70. The molecule has 1 saturated heterocycles. The Balaban J connectivity index is 0.00000289. The van der Waals surface area contributed by atoms with Gasteiger partial charge in [0, 0.05) is 45.1 Å². The Morgan fingerprint density at radius 2 is 1.49 bits per heavy atom. The number of rotatable bonds is 7. The Morgan fingerprint density at radius 1 is 0.771 bits per heavy atom. The maximum absolute atomic E-state index is 13.4. The standard InChI is InChI=1S/C27H29N5O2.ClH/c33-26-25(22-10-2-1-3-11-22)23-12-5-7-16-31(23)27(34)32(26)17-9-8-15-29-18-20-30(21-19-29)24-13-4-6-14-28-24;/h1-7,10-14,16H,8-9,15,17-21H2;1H. The molecule has 4 aromatic rings. The molecule has 1 aliphatic heterocycles. The SMILES string of the molecule is Cl.O=c1c(-c2ccccc2)c2ccccn2c(=O)n1CCCCN1CCN(c2ccccn2)CC1. The molecule has 0 N–H and O–H groups in total. The van der Waals surface area contributed by atoms with Gasteiger partial charge in [0.2, 0.25) is 0 Å². The first-order valence-corrected chi connectivity index (χ1v) is 11.9. The van der Waals surface area contributed by atoms with Crippen LogP contribution < -0.4 is 16.1 Å². The molecule has 182 valence electrons. The monoisotopic (exact) mass is 491 g/mol. The molecule has 0 amide bonds. The average molecular weight is 492 g/mol. The van der Waals surface area contributed by atoms with E-state index in [1.54, 1.807) is 10.6 Å². The number of piperazine rings is 1. The van der Waals surface area contributed by atoms with Gasteiger partial charge in [-0.1, -0.05) is 42.5 Å². The van der Waals surface area contributed by atoms with E-state index in [1.807, 2.05) is 66.9 Å². The molecule has 3 aromatic heterocycles. The Hall–Kier alpha value is -3.42. The van der Waals surface area contributed by atoms with E-state index in [0.717, 1.165) is 56.9 Å². The summed E-state index contributed by atoms with van der Waals surface area (Å²) < 4.78 is 2.98. The molecular formula is C27H30ClN5O2. The Kier molecular flexibility index (Phi) is 8.00. The summed E-state index contributed by atoms with van der Waals surface area (Å²) in [6.07, 6.45) is 5.29. The molecule has 35 heavy (non-hydrogen) atoms. The van der Waals surface area contributed by atoms with Crippen molar-refractivity contribution < 1.29 is 0 Å². The van der Waals surface area contributed by atoms with Crippen molar-refractivity contribution in [2.24, 2.45) is 0 Å². The number of anilines is 1. The van der Waals surface area contributed by atoms with E-state index in [2.05, 4.69) is 20.9 Å². The maximum Gasteiger partial charge on any atom is 0.335 e. The van der Waals surface area contributed by atoms with E-state index in [1.165, 1.54) is 4.57 Å². The van der Waals surface area contributed by atoms with Crippen LogP contribution in [0.4, 0.5) is 5.82 Å². The average Bonchev–Trinajstić information content (AvgIpc) is 2.90. The predicted molar refractivity (Wildman–Crippen MR) is 143 cm³/mol. The van der Waals surface area contributed by atoms with Gasteiger partial charge in [0.1, 0.15) is 5.82 Å². The van der Waals surface area contributed by atoms with Crippen LogP contribution in [0.25, 0.3) is 16.6 Å². The predicted octanol–water partition coefficient (Wildman–Crippen LogP) is 3.55. The van der Waals surface area contributed by atoms with Gasteiger partial charge in [-0.05, 0) is 49.2 Å². The van der Waals surface area contributed by atoms with E-state index < -0.39 is 0 Å². The highest BCUT2D eigenvalue weighted by molar-refractivity contribution is 5.85. The third-order valence-corrected chi connectivity index (χ3v) is 6.53. The highest BCUT2D eigenvalue weighted by atomic mass is 35.5. The second-order valence-electron chi connectivity index (χ2n) is 8.66. The molecule has 8 heteroatoms. The molecule has 1 fully saturated rings. The minimum Gasteiger partial charge on any atom is -0.354 e. The number of hydrogen-bond donors (Lipinski definition) is 0. The van der Waals surface area contributed by atoms with E-state index >= 15 is 0 Å². The van der Waals surface area contributed by atoms with Crippen LogP contribution in [0.1, 0.15) is 12.8 Å². The van der Waals surface area contributed by atoms with Crippen LogP contribution in [-0.2, 0) is 6.54 Å². The summed E-state index contributed by atoms with van der Waals surface area (Å²) in [5.41, 5.74) is 1.56. The van der Waals surface area contributed by atoms with Crippen molar-refractivity contribution in [3.05, 3.63) is 100.0 Å². The zero-order valence-electron chi connectivity index (χ0n) is 19.6. The summed E-state index contributed by atoms with van der Waals surface area (Å²) in [6, 6.07) is 21.1. The molecule has 1 aliphatic rings. The van der Waals surface area contributed by atoms with Crippen molar-refractivity contribution >= 4 is 23.7 Å². The van der Waals surface area contributed by atoms with Gasteiger partial charge in [0.05, 0.1) is 11.1 Å². The maximum atomic E-state index is 13.4. The molecule has 4 heterocycles. The highest BCUT2D eigenvalue weighted by Gasteiger charge is 2.18. The highest BCUT2D eigenvalue weighted by Crippen LogP contribution is 2.19. The number of hydrogen-bond acceptors (Lipinski definition) is 5. The first-order valence-electron chi connectivity index (χ1n) is 11.9. The zero-order valence-corrected chi connectivity index (χ0v) is 20.4. The summed E-state index contributed by atoms with van der Waals surface area (Å²) >= 11 is 0. The topological polar surface area (TPSA) is 62.9 Å². The zero-order chi connectivity index (χ0) is 23.3. The molecule has 0 saturated carbocycles. The summed E-state index contributed by atoms with van der Waals surface area (Å²) in [5.74, 6) is 1.03. The number of nitrogens with zero attached hydrogens (tertiary/aromatic N) is 5. The van der Waals surface area contributed by atoms with Gasteiger partial charge in [-0.2, -0.15) is 0 Å². The number of aromatic nitrogens is 3. The van der Waals surface area contributed by atoms with E-state index in [0.29, 0.717) is 17.6 Å². The van der Waals surface area contributed by atoms with Crippen molar-refractivity contribution in [3.8, 4) is 11.1 Å². The molecular weight excluding hydrogens is 462 g/mol. The van der Waals surface area contributed by atoms with Gasteiger partial charge in [-0.3, -0.25) is 18.7 Å². The lowest BCUT2D eigenvalue weighted by atomic mass is 10.1. The third kappa shape index (κ3) is 5.31. The van der Waals surface area contributed by atoms with E-state index in [4.69, 9.17) is 0 Å². The van der Waals surface area contributed by atoms with Crippen molar-refractivity contribution in [2.45, 2.75) is 19.4 Å². The molecule has 7 nitrogen and oxygen atoms in total. The molecule has 0 atom stereocenters. The lowest BCUT2D eigenvalue weighted by molar-refractivity contribution is 0.250. The molecule has 5 rings (SSSR count). The number of benzene rings is 1. The lowest BCUT2D eigenvalue weighted by Crippen LogP contribution is -2.47. The van der Waals surface area contributed by atoms with Crippen molar-refractivity contribution in [2.75, 3.05) is 37.6 Å².